The number of amides is 1. The summed E-state index contributed by atoms with van der Waals surface area (Å²) in [5.41, 5.74) is 8.69. The average Bonchev–Trinajstić information content (AvgIpc) is 2.88. The summed E-state index contributed by atoms with van der Waals surface area (Å²) in [7, 11) is 0. The van der Waals surface area contributed by atoms with Gasteiger partial charge in [-0.15, -0.1) is 11.3 Å². The van der Waals surface area contributed by atoms with Crippen LogP contribution in [0, 0.1) is 25.7 Å². The minimum atomic E-state index is -0.149. The maximum Gasteiger partial charge on any atom is 0.252 e. The van der Waals surface area contributed by atoms with E-state index in [1.54, 1.807) is 6.07 Å². The van der Waals surface area contributed by atoms with Crippen LogP contribution in [0.25, 0.3) is 0 Å². The van der Waals surface area contributed by atoms with Crippen molar-refractivity contribution in [2.45, 2.75) is 20.4 Å². The molecule has 0 aliphatic heterocycles. The molecule has 0 spiro atoms. The van der Waals surface area contributed by atoms with Crippen molar-refractivity contribution in [1.82, 2.24) is 10.3 Å². The fourth-order valence-electron chi connectivity index (χ4n) is 1.84. The van der Waals surface area contributed by atoms with Gasteiger partial charge < -0.3 is 11.1 Å². The number of nitrogens with one attached hydrogen (secondary N) is 1. The number of carbonyl (C=O) groups is 1. The third-order valence-corrected chi connectivity index (χ3v) is 3.78. The number of nitrogens with two attached hydrogens (primary N) is 1. The van der Waals surface area contributed by atoms with Crippen LogP contribution in [0.3, 0.4) is 0 Å². The molecule has 21 heavy (non-hydrogen) atoms. The van der Waals surface area contributed by atoms with Crippen LogP contribution in [-0.4, -0.2) is 17.4 Å². The number of aryl methyl sites for hydroxylation is 2. The molecule has 2 aromatic rings. The van der Waals surface area contributed by atoms with Gasteiger partial charge in [0.2, 0.25) is 0 Å². The monoisotopic (exact) mass is 299 g/mol. The molecule has 0 atom stereocenters. The van der Waals surface area contributed by atoms with Crippen LogP contribution < -0.4 is 11.1 Å². The standard InChI is InChI=1S/C16H17N3OS/c1-11-5-6-14(13(8-11)4-3-7-17)16(20)18-9-15-19-12(2)10-21-15/h5-6,8,10H,7,9,17H2,1-2H3,(H,18,20). The van der Waals surface area contributed by atoms with Gasteiger partial charge in [0.25, 0.3) is 5.91 Å². The van der Waals surface area contributed by atoms with Gasteiger partial charge in [-0.2, -0.15) is 0 Å². The Balaban J connectivity index is 2.14. The molecule has 0 bridgehead atoms. The summed E-state index contributed by atoms with van der Waals surface area (Å²) in [6.45, 7) is 4.60. The van der Waals surface area contributed by atoms with E-state index < -0.39 is 0 Å². The lowest BCUT2D eigenvalue weighted by Crippen LogP contribution is -2.23. The number of carbonyl (C=O) groups excluding carboxylic acids is 1. The molecule has 4 nitrogen and oxygen atoms in total. The fourth-order valence-corrected chi connectivity index (χ4v) is 2.55. The van der Waals surface area contributed by atoms with Crippen molar-refractivity contribution < 1.29 is 4.79 Å². The summed E-state index contributed by atoms with van der Waals surface area (Å²) < 4.78 is 0. The van der Waals surface area contributed by atoms with Gasteiger partial charge >= 0.3 is 0 Å². The minimum absolute atomic E-state index is 0.149. The van der Waals surface area contributed by atoms with E-state index in [1.807, 2.05) is 31.4 Å². The van der Waals surface area contributed by atoms with Crippen molar-refractivity contribution >= 4 is 17.2 Å². The highest BCUT2D eigenvalue weighted by molar-refractivity contribution is 7.09. The third-order valence-electron chi connectivity index (χ3n) is 2.81. The molecule has 0 unspecified atom stereocenters. The molecule has 0 saturated carbocycles. The number of hydrogen-bond donors (Lipinski definition) is 2. The van der Waals surface area contributed by atoms with Crippen molar-refractivity contribution in [3.8, 4) is 11.8 Å². The highest BCUT2D eigenvalue weighted by atomic mass is 32.1. The summed E-state index contributed by atoms with van der Waals surface area (Å²) in [6, 6.07) is 5.58. The first-order chi connectivity index (χ1) is 10.1. The second-order valence-corrected chi connectivity index (χ2v) is 5.56. The maximum atomic E-state index is 12.3. The van der Waals surface area contributed by atoms with Crippen molar-refractivity contribution in [2.24, 2.45) is 5.73 Å². The molecule has 0 saturated heterocycles. The first-order valence-corrected chi connectivity index (χ1v) is 7.47. The van der Waals surface area contributed by atoms with Gasteiger partial charge in [-0.25, -0.2) is 4.98 Å². The Kier molecular flexibility index (Phi) is 5.09. The first kappa shape index (κ1) is 15.2. The molecule has 2 rings (SSSR count). The van der Waals surface area contributed by atoms with Gasteiger partial charge in [-0.3, -0.25) is 4.79 Å². The van der Waals surface area contributed by atoms with E-state index in [-0.39, 0.29) is 12.5 Å². The molecule has 1 amide bonds. The van der Waals surface area contributed by atoms with Crippen molar-refractivity contribution in [3.63, 3.8) is 0 Å². The zero-order chi connectivity index (χ0) is 15.2. The minimum Gasteiger partial charge on any atom is -0.345 e. The van der Waals surface area contributed by atoms with E-state index in [4.69, 9.17) is 5.73 Å². The van der Waals surface area contributed by atoms with E-state index in [0.29, 0.717) is 17.7 Å². The Morgan fingerprint density at radius 1 is 1.43 bits per heavy atom. The van der Waals surface area contributed by atoms with Crippen LogP contribution in [0.2, 0.25) is 0 Å². The largest absolute Gasteiger partial charge is 0.345 e. The lowest BCUT2D eigenvalue weighted by atomic mass is 10.0. The molecular formula is C16H17N3OS. The molecule has 0 fully saturated rings. The maximum absolute atomic E-state index is 12.3. The lowest BCUT2D eigenvalue weighted by molar-refractivity contribution is 0.0950. The van der Waals surface area contributed by atoms with Crippen molar-refractivity contribution in [3.05, 3.63) is 51.0 Å². The number of rotatable bonds is 3. The van der Waals surface area contributed by atoms with Crippen LogP contribution >= 0.6 is 11.3 Å². The van der Waals surface area contributed by atoms with Gasteiger partial charge in [0.15, 0.2) is 0 Å². The Morgan fingerprint density at radius 2 is 2.24 bits per heavy atom. The second kappa shape index (κ2) is 7.02. The van der Waals surface area contributed by atoms with Crippen LogP contribution in [0.5, 0.6) is 0 Å². The zero-order valence-corrected chi connectivity index (χ0v) is 12.9. The number of nitrogens with zero attached hydrogens (tertiary/aromatic N) is 1. The molecule has 0 aliphatic rings. The van der Waals surface area contributed by atoms with E-state index in [9.17, 15) is 4.79 Å². The van der Waals surface area contributed by atoms with Gasteiger partial charge in [0.1, 0.15) is 5.01 Å². The first-order valence-electron chi connectivity index (χ1n) is 6.59. The van der Waals surface area contributed by atoms with Crippen LogP contribution in [0.1, 0.15) is 32.2 Å². The number of thiazole rings is 1. The SMILES string of the molecule is Cc1ccc(C(=O)NCc2nc(C)cs2)c(C#CCN)c1. The number of aromatic nitrogens is 1. The topological polar surface area (TPSA) is 68.0 Å². The van der Waals surface area contributed by atoms with E-state index in [0.717, 1.165) is 16.3 Å². The Morgan fingerprint density at radius 3 is 2.90 bits per heavy atom. The summed E-state index contributed by atoms with van der Waals surface area (Å²) in [4.78, 5) is 16.6. The van der Waals surface area contributed by atoms with Crippen LogP contribution in [0.4, 0.5) is 0 Å². The predicted octanol–water partition coefficient (Wildman–Crippen LogP) is 2.00. The average molecular weight is 299 g/mol. The highest BCUT2D eigenvalue weighted by Crippen LogP contribution is 2.12. The lowest BCUT2D eigenvalue weighted by Gasteiger charge is -2.06. The normalized spacial score (nSPS) is 9.86. The van der Waals surface area contributed by atoms with Crippen LogP contribution in [-0.2, 0) is 6.54 Å². The molecule has 1 aromatic carbocycles. The Bertz CT molecular complexity index is 710. The van der Waals surface area contributed by atoms with Gasteiger partial charge in [0, 0.05) is 16.6 Å². The molecule has 0 radical (unpaired) electrons. The highest BCUT2D eigenvalue weighted by Gasteiger charge is 2.11. The van der Waals surface area contributed by atoms with E-state index in [1.165, 1.54) is 11.3 Å². The number of benzene rings is 1. The Labute approximate surface area is 128 Å². The summed E-state index contributed by atoms with van der Waals surface area (Å²) >= 11 is 1.54. The summed E-state index contributed by atoms with van der Waals surface area (Å²) in [6.07, 6.45) is 0. The van der Waals surface area contributed by atoms with E-state index >= 15 is 0 Å². The molecule has 1 heterocycles. The number of hydrogen-bond acceptors (Lipinski definition) is 4. The third kappa shape index (κ3) is 4.15. The second-order valence-electron chi connectivity index (χ2n) is 4.62. The smallest absolute Gasteiger partial charge is 0.252 e. The van der Waals surface area contributed by atoms with E-state index in [2.05, 4.69) is 22.1 Å². The van der Waals surface area contributed by atoms with Gasteiger partial charge in [-0.05, 0) is 31.5 Å². The van der Waals surface area contributed by atoms with Crippen LogP contribution in [0.15, 0.2) is 23.6 Å². The summed E-state index contributed by atoms with van der Waals surface area (Å²) in [5, 5.41) is 5.73. The predicted molar refractivity (Wildman–Crippen MR) is 85.1 cm³/mol. The fraction of sp³-hybridized carbons (Fsp3) is 0.250. The van der Waals surface area contributed by atoms with Crippen molar-refractivity contribution in [1.29, 1.82) is 0 Å². The quantitative estimate of drug-likeness (QED) is 0.852. The van der Waals surface area contributed by atoms with Gasteiger partial charge in [-0.1, -0.05) is 17.9 Å². The molecule has 1 aromatic heterocycles. The van der Waals surface area contributed by atoms with Gasteiger partial charge in [0.05, 0.1) is 18.7 Å². The summed E-state index contributed by atoms with van der Waals surface area (Å²) in [5.74, 6) is 5.59. The molecule has 3 N–H and O–H groups in total. The molecule has 5 heteroatoms. The van der Waals surface area contributed by atoms with Crippen molar-refractivity contribution in [2.75, 3.05) is 6.54 Å². The Hall–Kier alpha value is -2.16. The molecule has 108 valence electrons. The molecule has 0 aliphatic carbocycles. The zero-order valence-electron chi connectivity index (χ0n) is 12.1. The molecular weight excluding hydrogens is 282 g/mol.